The average Bonchev–Trinajstić information content (AvgIpc) is 2.61. The number of nitrogens with zero attached hydrogens (tertiary/aromatic N) is 1. The highest BCUT2D eigenvalue weighted by Crippen LogP contribution is 2.32. The molecule has 1 amide bonds. The predicted octanol–water partition coefficient (Wildman–Crippen LogP) is 3.61. The summed E-state index contributed by atoms with van der Waals surface area (Å²) in [5, 5.41) is 3.40. The van der Waals surface area contributed by atoms with Crippen LogP contribution in [0.4, 0.5) is 5.69 Å². The Labute approximate surface area is 148 Å². The van der Waals surface area contributed by atoms with Crippen molar-refractivity contribution in [2.24, 2.45) is 0 Å². The highest BCUT2D eigenvalue weighted by molar-refractivity contribution is 6.35. The van der Waals surface area contributed by atoms with Gasteiger partial charge < -0.3 is 14.6 Å². The molecule has 25 heavy (non-hydrogen) atoms. The van der Waals surface area contributed by atoms with Gasteiger partial charge in [-0.3, -0.25) is 9.59 Å². The first-order valence-corrected chi connectivity index (χ1v) is 8.29. The molecule has 0 saturated carbocycles. The maximum atomic E-state index is 12.9. The first-order chi connectivity index (χ1) is 12.0. The number of pyridine rings is 1. The van der Waals surface area contributed by atoms with E-state index in [-0.39, 0.29) is 5.56 Å². The Kier molecular flexibility index (Phi) is 3.73. The Bertz CT molecular complexity index is 1050. The fourth-order valence-corrected chi connectivity index (χ4v) is 3.24. The molecule has 126 valence electrons. The first-order valence-electron chi connectivity index (χ1n) is 7.91. The zero-order valence-electron chi connectivity index (χ0n) is 13.5. The van der Waals surface area contributed by atoms with Crippen LogP contribution in [0.1, 0.15) is 15.9 Å². The molecule has 1 aromatic heterocycles. The highest BCUT2D eigenvalue weighted by atomic mass is 35.5. The van der Waals surface area contributed by atoms with Gasteiger partial charge in [-0.25, -0.2) is 0 Å². The Morgan fingerprint density at radius 2 is 1.96 bits per heavy atom. The number of ether oxygens (including phenoxy) is 1. The van der Waals surface area contributed by atoms with Crippen molar-refractivity contribution in [3.8, 4) is 5.75 Å². The van der Waals surface area contributed by atoms with Gasteiger partial charge in [0.2, 0.25) is 5.43 Å². The number of hydrogen-bond donors (Lipinski definition) is 1. The molecule has 1 aliphatic rings. The lowest BCUT2D eigenvalue weighted by molar-refractivity contribution is 0.102. The van der Waals surface area contributed by atoms with Crippen LogP contribution in [0.2, 0.25) is 5.02 Å². The minimum absolute atomic E-state index is 0.0639. The Balaban J connectivity index is 1.84. The molecule has 4 rings (SSSR count). The van der Waals surface area contributed by atoms with Gasteiger partial charge in [0.1, 0.15) is 17.9 Å². The van der Waals surface area contributed by atoms with Crippen LogP contribution < -0.4 is 15.5 Å². The topological polar surface area (TPSA) is 60.3 Å². The van der Waals surface area contributed by atoms with E-state index in [9.17, 15) is 9.59 Å². The van der Waals surface area contributed by atoms with Crippen molar-refractivity contribution in [3.05, 3.63) is 69.0 Å². The van der Waals surface area contributed by atoms with Crippen LogP contribution in [0.3, 0.4) is 0 Å². The van der Waals surface area contributed by atoms with Gasteiger partial charge in [0.25, 0.3) is 5.91 Å². The van der Waals surface area contributed by atoms with Crippen molar-refractivity contribution in [1.82, 2.24) is 4.57 Å². The van der Waals surface area contributed by atoms with Crippen molar-refractivity contribution in [3.63, 3.8) is 0 Å². The summed E-state index contributed by atoms with van der Waals surface area (Å²) in [5.41, 5.74) is 2.03. The molecule has 2 aromatic carbocycles. The molecule has 1 N–H and O–H groups in total. The number of nitrogens with one attached hydrogen (secondary N) is 1. The van der Waals surface area contributed by atoms with E-state index >= 15 is 0 Å². The molecule has 0 unspecified atom stereocenters. The molecular formula is C19H15ClN2O3. The predicted molar refractivity (Wildman–Crippen MR) is 97.8 cm³/mol. The summed E-state index contributed by atoms with van der Waals surface area (Å²) in [5.74, 6) is 0.153. The second-order valence-corrected chi connectivity index (χ2v) is 6.41. The SMILES string of the molecule is Cc1ccc(NC(=O)c2cn3c4c(ccc(Cl)c4c2=O)OCC3)cc1. The molecule has 1 aliphatic heterocycles. The fraction of sp³-hybridized carbons (Fsp3) is 0.158. The van der Waals surface area contributed by atoms with E-state index in [0.717, 1.165) is 5.56 Å². The molecule has 0 aliphatic carbocycles. The quantitative estimate of drug-likeness (QED) is 0.764. The zero-order chi connectivity index (χ0) is 17.6. The average molecular weight is 355 g/mol. The van der Waals surface area contributed by atoms with E-state index in [0.29, 0.717) is 40.5 Å². The Morgan fingerprint density at radius 1 is 1.20 bits per heavy atom. The third-order valence-electron chi connectivity index (χ3n) is 4.28. The summed E-state index contributed by atoms with van der Waals surface area (Å²) >= 11 is 6.24. The lowest BCUT2D eigenvalue weighted by atomic mass is 10.1. The number of aromatic nitrogens is 1. The second-order valence-electron chi connectivity index (χ2n) is 6.00. The maximum absolute atomic E-state index is 12.9. The molecule has 0 fully saturated rings. The highest BCUT2D eigenvalue weighted by Gasteiger charge is 2.22. The van der Waals surface area contributed by atoms with Crippen LogP contribution in [0.25, 0.3) is 10.9 Å². The van der Waals surface area contributed by atoms with Crippen LogP contribution in [0.5, 0.6) is 5.75 Å². The standard InChI is InChI=1S/C19H15ClN2O3/c1-11-2-4-12(5-3-11)21-19(24)13-10-22-8-9-25-15-7-6-14(20)16(17(15)22)18(13)23/h2-7,10H,8-9H2,1H3,(H,21,24). The van der Waals surface area contributed by atoms with Gasteiger partial charge in [0, 0.05) is 11.9 Å². The van der Waals surface area contributed by atoms with E-state index in [4.69, 9.17) is 16.3 Å². The molecule has 0 saturated heterocycles. The summed E-state index contributed by atoms with van der Waals surface area (Å²) in [4.78, 5) is 25.5. The number of benzene rings is 2. The van der Waals surface area contributed by atoms with Gasteiger partial charge >= 0.3 is 0 Å². The van der Waals surface area contributed by atoms with Crippen molar-refractivity contribution >= 4 is 34.1 Å². The lowest BCUT2D eigenvalue weighted by Gasteiger charge is -2.22. The van der Waals surface area contributed by atoms with E-state index in [1.165, 1.54) is 0 Å². The maximum Gasteiger partial charge on any atom is 0.261 e. The van der Waals surface area contributed by atoms with E-state index in [1.54, 1.807) is 30.5 Å². The van der Waals surface area contributed by atoms with Crippen molar-refractivity contribution < 1.29 is 9.53 Å². The smallest absolute Gasteiger partial charge is 0.261 e. The van der Waals surface area contributed by atoms with Crippen molar-refractivity contribution in [1.29, 1.82) is 0 Å². The van der Waals surface area contributed by atoms with Gasteiger partial charge in [-0.15, -0.1) is 0 Å². The van der Waals surface area contributed by atoms with E-state index in [2.05, 4.69) is 5.32 Å². The van der Waals surface area contributed by atoms with Crippen LogP contribution in [0, 0.1) is 6.92 Å². The molecule has 6 heteroatoms. The van der Waals surface area contributed by atoms with Crippen LogP contribution in [-0.4, -0.2) is 17.1 Å². The molecule has 0 bridgehead atoms. The number of amides is 1. The summed E-state index contributed by atoms with van der Waals surface area (Å²) in [6, 6.07) is 10.8. The summed E-state index contributed by atoms with van der Waals surface area (Å²) in [7, 11) is 0. The number of rotatable bonds is 2. The monoisotopic (exact) mass is 354 g/mol. The van der Waals surface area contributed by atoms with Crippen LogP contribution in [-0.2, 0) is 6.54 Å². The second kappa shape index (κ2) is 5.93. The normalized spacial score (nSPS) is 12.7. The van der Waals surface area contributed by atoms with E-state index in [1.807, 2.05) is 23.6 Å². The first kappa shape index (κ1) is 15.7. The van der Waals surface area contributed by atoms with Crippen molar-refractivity contribution in [2.75, 3.05) is 11.9 Å². The van der Waals surface area contributed by atoms with Gasteiger partial charge in [0.15, 0.2) is 0 Å². The largest absolute Gasteiger partial charge is 0.490 e. The molecule has 3 aromatic rings. The zero-order valence-corrected chi connectivity index (χ0v) is 14.3. The Hall–Kier alpha value is -2.79. The molecule has 0 spiro atoms. The number of carbonyl (C=O) groups is 1. The Morgan fingerprint density at radius 3 is 2.72 bits per heavy atom. The van der Waals surface area contributed by atoms with Crippen LogP contribution >= 0.6 is 11.6 Å². The number of anilines is 1. The minimum Gasteiger partial charge on any atom is -0.490 e. The summed E-state index contributed by atoms with van der Waals surface area (Å²) < 4.78 is 7.45. The third-order valence-corrected chi connectivity index (χ3v) is 4.59. The van der Waals surface area contributed by atoms with Gasteiger partial charge in [-0.1, -0.05) is 29.3 Å². The van der Waals surface area contributed by atoms with Gasteiger partial charge in [0.05, 0.1) is 22.5 Å². The number of carbonyl (C=O) groups excluding carboxylic acids is 1. The van der Waals surface area contributed by atoms with Gasteiger partial charge in [-0.2, -0.15) is 0 Å². The van der Waals surface area contributed by atoms with Crippen LogP contribution in [0.15, 0.2) is 47.4 Å². The summed E-state index contributed by atoms with van der Waals surface area (Å²) in [6.07, 6.45) is 1.58. The lowest BCUT2D eigenvalue weighted by Crippen LogP contribution is -2.26. The molecular weight excluding hydrogens is 340 g/mol. The fourth-order valence-electron chi connectivity index (χ4n) is 3.01. The van der Waals surface area contributed by atoms with E-state index < -0.39 is 11.3 Å². The number of aryl methyl sites for hydroxylation is 1. The molecule has 5 nitrogen and oxygen atoms in total. The van der Waals surface area contributed by atoms with Crippen molar-refractivity contribution in [2.45, 2.75) is 13.5 Å². The minimum atomic E-state index is -0.451. The molecule has 2 heterocycles. The number of hydrogen-bond acceptors (Lipinski definition) is 3. The number of halogens is 1. The van der Waals surface area contributed by atoms with Gasteiger partial charge in [-0.05, 0) is 31.2 Å². The molecule has 0 atom stereocenters. The summed E-state index contributed by atoms with van der Waals surface area (Å²) in [6.45, 7) is 2.99. The molecule has 0 radical (unpaired) electrons. The third kappa shape index (κ3) is 2.66.